The standard InChI is InChI=1S/C7H11N.3ClH.Pt/c8-6-7-4-2-1-3-5-7;;;;/h7H,1-5H2;3*1H;/q;;;;+3/p-3. The van der Waals surface area contributed by atoms with Crippen molar-refractivity contribution in [3.63, 3.8) is 0 Å². The molecule has 5 heteroatoms. The summed E-state index contributed by atoms with van der Waals surface area (Å²) in [6.07, 6.45) is 6.20. The predicted octanol–water partition coefficient (Wildman–Crippen LogP) is 4.16. The van der Waals surface area contributed by atoms with Gasteiger partial charge in [-0.15, -0.1) is 0 Å². The molecule has 0 aliphatic heterocycles. The number of hydrogen-bond acceptors (Lipinski definition) is 1. The molecule has 1 fully saturated rings. The van der Waals surface area contributed by atoms with Crippen LogP contribution in [0.3, 0.4) is 0 Å². The molecule has 0 radical (unpaired) electrons. The van der Waals surface area contributed by atoms with Crippen LogP contribution < -0.4 is 0 Å². The Labute approximate surface area is 91.3 Å². The van der Waals surface area contributed by atoms with Gasteiger partial charge in [0.1, 0.15) is 0 Å². The molecule has 0 unspecified atom stereocenters. The summed E-state index contributed by atoms with van der Waals surface area (Å²) in [6.45, 7) is 0. The topological polar surface area (TPSA) is 23.8 Å². The van der Waals surface area contributed by atoms with E-state index in [0.29, 0.717) is 5.92 Å². The second kappa shape index (κ2) is 8.64. The van der Waals surface area contributed by atoms with Crippen LogP contribution in [-0.4, -0.2) is 0 Å². The van der Waals surface area contributed by atoms with Gasteiger partial charge in [-0.25, -0.2) is 0 Å². The Kier molecular flexibility index (Phi) is 9.39. The number of halogens is 3. The van der Waals surface area contributed by atoms with E-state index in [1.807, 2.05) is 0 Å². The minimum absolute atomic E-state index is 0.392. The molecule has 75 valence electrons. The van der Waals surface area contributed by atoms with E-state index in [4.69, 9.17) is 33.5 Å². The third-order valence-electron chi connectivity index (χ3n) is 1.79. The molecule has 0 atom stereocenters. The van der Waals surface area contributed by atoms with Gasteiger partial charge in [0, 0.05) is 5.92 Å². The van der Waals surface area contributed by atoms with Gasteiger partial charge < -0.3 is 0 Å². The molecule has 0 saturated heterocycles. The second-order valence-electron chi connectivity index (χ2n) is 2.60. The fourth-order valence-electron chi connectivity index (χ4n) is 1.23. The second-order valence-corrected chi connectivity index (χ2v) is 12.4. The molecular formula is C7H11Cl3NPt. The molecule has 1 aliphatic rings. The number of nitriles is 1. The van der Waals surface area contributed by atoms with E-state index in [-0.39, 0.29) is 0 Å². The average Bonchev–Trinajstić information content (AvgIpc) is 2.05. The third-order valence-corrected chi connectivity index (χ3v) is 1.79. The molecule has 0 spiro atoms. The molecule has 0 bridgehead atoms. The van der Waals surface area contributed by atoms with Gasteiger partial charge in [-0.2, -0.15) is 5.26 Å². The fourth-order valence-corrected chi connectivity index (χ4v) is 1.23. The van der Waals surface area contributed by atoms with Crippen molar-refractivity contribution in [3.8, 4) is 6.07 Å². The Hall–Kier alpha value is 1.05. The number of hydrogen-bond donors (Lipinski definition) is 0. The van der Waals surface area contributed by atoms with Crippen molar-refractivity contribution in [1.29, 1.82) is 5.26 Å². The first kappa shape index (κ1) is 13.0. The molecule has 1 saturated carbocycles. The molecule has 1 rings (SSSR count). The molecule has 0 aromatic heterocycles. The molecule has 0 heterocycles. The molecule has 12 heavy (non-hydrogen) atoms. The van der Waals surface area contributed by atoms with Gasteiger partial charge in [-0.1, -0.05) is 19.3 Å². The molecule has 0 aromatic carbocycles. The molecule has 1 nitrogen and oxygen atoms in total. The third kappa shape index (κ3) is 9.14. The van der Waals surface area contributed by atoms with Crippen LogP contribution in [-0.2, 0) is 14.2 Å². The van der Waals surface area contributed by atoms with E-state index >= 15 is 0 Å². The summed E-state index contributed by atoms with van der Waals surface area (Å²) >= 11 is -1.85. The monoisotopic (exact) mass is 409 g/mol. The minimum atomic E-state index is -1.85. The van der Waals surface area contributed by atoms with Crippen LogP contribution in [0.2, 0.25) is 0 Å². The van der Waals surface area contributed by atoms with Crippen LogP contribution in [0.5, 0.6) is 0 Å². The van der Waals surface area contributed by atoms with Gasteiger partial charge >= 0.3 is 42.4 Å². The van der Waals surface area contributed by atoms with Gasteiger partial charge in [-0.3, -0.25) is 0 Å². The van der Waals surface area contributed by atoms with Gasteiger partial charge in [0.25, 0.3) is 0 Å². The molecule has 0 amide bonds. The zero-order valence-electron chi connectivity index (χ0n) is 6.51. The number of rotatable bonds is 0. The Morgan fingerprint density at radius 2 is 1.50 bits per heavy atom. The molecule has 0 N–H and O–H groups in total. The molecule has 1 aliphatic carbocycles. The van der Waals surface area contributed by atoms with Gasteiger partial charge in [0.15, 0.2) is 0 Å². The van der Waals surface area contributed by atoms with Gasteiger partial charge in [-0.05, 0) is 12.8 Å². The van der Waals surface area contributed by atoms with Crippen LogP contribution in [0, 0.1) is 17.2 Å². The fraction of sp³-hybridized carbons (Fsp3) is 0.857. The van der Waals surface area contributed by atoms with Crippen molar-refractivity contribution in [2.75, 3.05) is 0 Å². The summed E-state index contributed by atoms with van der Waals surface area (Å²) in [5.41, 5.74) is 0. The van der Waals surface area contributed by atoms with Crippen LogP contribution in [0.1, 0.15) is 32.1 Å². The van der Waals surface area contributed by atoms with E-state index < -0.39 is 14.2 Å². The zero-order chi connectivity index (χ0) is 9.40. The quantitative estimate of drug-likeness (QED) is 0.588. The van der Waals surface area contributed by atoms with E-state index in [1.54, 1.807) is 0 Å². The Morgan fingerprint density at radius 1 is 1.08 bits per heavy atom. The van der Waals surface area contributed by atoms with Crippen molar-refractivity contribution in [2.24, 2.45) is 5.92 Å². The van der Waals surface area contributed by atoms with Gasteiger partial charge in [0.05, 0.1) is 6.07 Å². The van der Waals surface area contributed by atoms with Crippen LogP contribution in [0.15, 0.2) is 0 Å². The van der Waals surface area contributed by atoms with Crippen LogP contribution in [0.4, 0.5) is 0 Å². The Bertz CT molecular complexity index is 137. The maximum absolute atomic E-state index is 8.44. The maximum atomic E-state index is 8.44. The van der Waals surface area contributed by atoms with Crippen LogP contribution >= 0.6 is 28.3 Å². The summed E-state index contributed by atoms with van der Waals surface area (Å²) in [5.74, 6) is 0.392. The predicted molar refractivity (Wildman–Crippen MR) is 49.7 cm³/mol. The summed E-state index contributed by atoms with van der Waals surface area (Å²) < 4.78 is 0. The van der Waals surface area contributed by atoms with E-state index in [9.17, 15) is 0 Å². The van der Waals surface area contributed by atoms with Crippen molar-refractivity contribution >= 4 is 28.3 Å². The number of nitrogens with zero attached hydrogens (tertiary/aromatic N) is 1. The van der Waals surface area contributed by atoms with Crippen molar-refractivity contribution in [1.82, 2.24) is 0 Å². The van der Waals surface area contributed by atoms with Crippen LogP contribution in [0.25, 0.3) is 0 Å². The first-order valence-electron chi connectivity index (χ1n) is 3.69. The average molecular weight is 411 g/mol. The Balaban J connectivity index is 0.000000261. The molecule has 0 aromatic rings. The van der Waals surface area contributed by atoms with E-state index in [0.717, 1.165) is 12.8 Å². The van der Waals surface area contributed by atoms with Crippen molar-refractivity contribution in [3.05, 3.63) is 0 Å². The molecular weight excluding hydrogens is 400 g/mol. The van der Waals surface area contributed by atoms with E-state index in [2.05, 4.69) is 6.07 Å². The first-order valence-corrected chi connectivity index (χ1v) is 12.1. The first-order chi connectivity index (χ1) is 5.66. The zero-order valence-corrected chi connectivity index (χ0v) is 11.1. The summed E-state index contributed by atoms with van der Waals surface area (Å²) in [5, 5.41) is 8.44. The SMILES string of the molecule is N#CC1CCCCC1.[Cl][Pt]([Cl])[Cl]. The normalized spacial score (nSPS) is 18.7. The van der Waals surface area contributed by atoms with E-state index in [1.165, 1.54) is 19.3 Å². The van der Waals surface area contributed by atoms with Crippen molar-refractivity contribution < 1.29 is 14.2 Å². The van der Waals surface area contributed by atoms with Gasteiger partial charge in [0.2, 0.25) is 0 Å². The Morgan fingerprint density at radius 3 is 1.75 bits per heavy atom. The summed E-state index contributed by atoms with van der Waals surface area (Å²) in [7, 11) is 14.9. The summed E-state index contributed by atoms with van der Waals surface area (Å²) in [4.78, 5) is 0. The van der Waals surface area contributed by atoms with Crippen molar-refractivity contribution in [2.45, 2.75) is 32.1 Å². The summed E-state index contributed by atoms with van der Waals surface area (Å²) in [6, 6.07) is 2.30.